The molecule has 0 saturated heterocycles. The van der Waals surface area contributed by atoms with Crippen molar-refractivity contribution >= 4 is 11.9 Å². The average Bonchev–Trinajstić information content (AvgIpc) is 2.47. The zero-order valence-corrected chi connectivity index (χ0v) is 13.2. The van der Waals surface area contributed by atoms with Gasteiger partial charge in [0.2, 0.25) is 0 Å². The third-order valence-corrected chi connectivity index (χ3v) is 3.06. The van der Waals surface area contributed by atoms with Crippen LogP contribution in [0.2, 0.25) is 0 Å². The number of amides is 1. The molecule has 0 aromatic heterocycles. The highest BCUT2D eigenvalue weighted by Crippen LogP contribution is 2.29. The molecule has 0 spiro atoms. The van der Waals surface area contributed by atoms with Crippen molar-refractivity contribution in [3.05, 3.63) is 35.4 Å². The van der Waals surface area contributed by atoms with Gasteiger partial charge < -0.3 is 10.0 Å². The molecule has 1 aromatic rings. The van der Waals surface area contributed by atoms with Crippen molar-refractivity contribution in [2.75, 3.05) is 14.2 Å². The van der Waals surface area contributed by atoms with E-state index in [2.05, 4.69) is 0 Å². The molecular weight excluding hydrogens is 318 g/mol. The summed E-state index contributed by atoms with van der Waals surface area (Å²) < 4.78 is 47.4. The molecule has 1 aromatic carbocycles. The van der Waals surface area contributed by atoms with Crippen molar-refractivity contribution in [2.24, 2.45) is 5.92 Å². The molecule has 1 amide bonds. The number of alkyl halides is 4. The van der Waals surface area contributed by atoms with E-state index in [1.54, 1.807) is 13.8 Å². The fourth-order valence-electron chi connectivity index (χ4n) is 2.06. The molecule has 1 rings (SSSR count). The number of benzene rings is 1. The number of carboxylic acid groups (broad SMARTS) is 1. The van der Waals surface area contributed by atoms with Crippen LogP contribution in [0.5, 0.6) is 0 Å². The van der Waals surface area contributed by atoms with Gasteiger partial charge in [-0.3, -0.25) is 9.18 Å². The summed E-state index contributed by atoms with van der Waals surface area (Å²) in [6.07, 6.45) is -4.56. The largest absolute Gasteiger partial charge is 0.480 e. The van der Waals surface area contributed by atoms with Gasteiger partial charge in [-0.2, -0.15) is 13.2 Å². The Hall–Kier alpha value is -2.12. The van der Waals surface area contributed by atoms with Crippen LogP contribution in [0.15, 0.2) is 24.3 Å². The number of rotatable bonds is 4. The van der Waals surface area contributed by atoms with E-state index in [0.717, 1.165) is 23.1 Å². The van der Waals surface area contributed by atoms with E-state index >= 15 is 0 Å². The highest BCUT2D eigenvalue weighted by molar-refractivity contribution is 5.96. The third kappa shape index (κ3) is 5.54. The smallest absolute Gasteiger partial charge is 0.416 e. The van der Waals surface area contributed by atoms with Crippen LogP contribution in [0.1, 0.15) is 29.8 Å². The summed E-state index contributed by atoms with van der Waals surface area (Å²) in [5.41, 5.74) is -1.14. The average molecular weight is 337 g/mol. The van der Waals surface area contributed by atoms with E-state index < -0.39 is 29.7 Å². The topological polar surface area (TPSA) is 57.6 Å². The van der Waals surface area contributed by atoms with Gasteiger partial charge in [0, 0.05) is 12.6 Å². The molecule has 130 valence electrons. The van der Waals surface area contributed by atoms with Crippen LogP contribution in [-0.2, 0) is 11.0 Å². The lowest BCUT2D eigenvalue weighted by molar-refractivity contribution is -0.143. The highest BCUT2D eigenvalue weighted by Gasteiger charge is 2.33. The van der Waals surface area contributed by atoms with Gasteiger partial charge in [-0.15, -0.1) is 0 Å². The number of hydrogen-bond acceptors (Lipinski definition) is 2. The molecule has 1 atom stereocenters. The summed E-state index contributed by atoms with van der Waals surface area (Å²) in [5, 5.41) is 9.12. The van der Waals surface area contributed by atoms with E-state index in [4.69, 9.17) is 5.11 Å². The monoisotopic (exact) mass is 337 g/mol. The minimum atomic E-state index is -4.56. The van der Waals surface area contributed by atoms with E-state index in [1.807, 2.05) is 0 Å². The lowest BCUT2D eigenvalue weighted by atomic mass is 10.0. The van der Waals surface area contributed by atoms with Crippen LogP contribution in [0.25, 0.3) is 0 Å². The minimum absolute atomic E-state index is 0.195. The molecule has 0 aliphatic heterocycles. The van der Waals surface area contributed by atoms with Crippen LogP contribution < -0.4 is 0 Å². The Morgan fingerprint density at radius 3 is 2.09 bits per heavy atom. The van der Waals surface area contributed by atoms with E-state index in [9.17, 15) is 27.2 Å². The van der Waals surface area contributed by atoms with Crippen molar-refractivity contribution in [3.63, 3.8) is 0 Å². The number of carbonyl (C=O) groups is 2. The maximum atomic E-state index is 12.6. The second-order valence-electron chi connectivity index (χ2n) is 5.02. The lowest BCUT2D eigenvalue weighted by Crippen LogP contribution is -2.45. The van der Waals surface area contributed by atoms with Gasteiger partial charge in [-0.05, 0) is 24.1 Å². The fourth-order valence-corrected chi connectivity index (χ4v) is 2.06. The van der Waals surface area contributed by atoms with Gasteiger partial charge in [0.1, 0.15) is 6.04 Å². The summed E-state index contributed by atoms with van der Waals surface area (Å²) in [5.74, 6) is -2.34. The molecular formula is C15H19F4NO3. The summed E-state index contributed by atoms with van der Waals surface area (Å²) in [4.78, 5) is 24.3. The molecule has 0 radical (unpaired) electrons. The third-order valence-electron chi connectivity index (χ3n) is 3.06. The summed E-state index contributed by atoms with van der Waals surface area (Å²) >= 11 is 0. The number of likely N-dealkylation sites (N-methyl/N-ethyl adjacent to an activating group) is 1. The molecule has 0 aliphatic carbocycles. The van der Waals surface area contributed by atoms with Gasteiger partial charge in [0.05, 0.1) is 12.7 Å². The zero-order chi connectivity index (χ0) is 18.4. The van der Waals surface area contributed by atoms with Crippen molar-refractivity contribution < 1.29 is 32.3 Å². The number of halogens is 4. The van der Waals surface area contributed by atoms with Crippen molar-refractivity contribution in [1.82, 2.24) is 4.90 Å². The molecule has 0 fully saturated rings. The first kappa shape index (κ1) is 20.9. The van der Waals surface area contributed by atoms with E-state index in [1.165, 1.54) is 13.1 Å². The quantitative estimate of drug-likeness (QED) is 0.856. The molecule has 1 N–H and O–H groups in total. The zero-order valence-electron chi connectivity index (χ0n) is 13.2. The van der Waals surface area contributed by atoms with Crippen molar-refractivity contribution in [3.8, 4) is 0 Å². The SMILES string of the molecule is CC(C)C(C(=O)O)N(C)C(=O)c1cccc(C(F)(F)F)c1.CF. The first-order valence-electron chi connectivity index (χ1n) is 6.60. The first-order valence-corrected chi connectivity index (χ1v) is 6.60. The Labute approximate surface area is 131 Å². The number of hydrogen-bond donors (Lipinski definition) is 1. The Bertz CT molecular complexity index is 544. The van der Waals surface area contributed by atoms with Crippen LogP contribution in [0.3, 0.4) is 0 Å². The first-order chi connectivity index (χ1) is 10.6. The second kappa shape index (κ2) is 8.50. The Kier molecular flexibility index (Phi) is 7.71. The number of nitrogens with zero attached hydrogens (tertiary/aromatic N) is 1. The van der Waals surface area contributed by atoms with Crippen molar-refractivity contribution in [1.29, 1.82) is 0 Å². The fraction of sp³-hybridized carbons (Fsp3) is 0.467. The molecule has 8 heteroatoms. The highest BCUT2D eigenvalue weighted by atomic mass is 19.4. The van der Waals surface area contributed by atoms with Crippen LogP contribution in [-0.4, -0.2) is 42.1 Å². The summed E-state index contributed by atoms with van der Waals surface area (Å²) in [6, 6.07) is 2.82. The Morgan fingerprint density at radius 2 is 1.70 bits per heavy atom. The van der Waals surface area contributed by atoms with Crippen molar-refractivity contribution in [2.45, 2.75) is 26.1 Å². The second-order valence-corrected chi connectivity index (χ2v) is 5.02. The van der Waals surface area contributed by atoms with Crippen LogP contribution >= 0.6 is 0 Å². The maximum Gasteiger partial charge on any atom is 0.416 e. The van der Waals surface area contributed by atoms with Gasteiger partial charge in [0.15, 0.2) is 0 Å². The van der Waals surface area contributed by atoms with Crippen LogP contribution in [0.4, 0.5) is 17.6 Å². The normalized spacial score (nSPS) is 12.2. The molecule has 0 aliphatic rings. The number of carbonyl (C=O) groups excluding carboxylic acids is 1. The predicted octanol–water partition coefficient (Wildman–Crippen LogP) is 3.47. The molecule has 23 heavy (non-hydrogen) atoms. The summed E-state index contributed by atoms with van der Waals surface area (Å²) in [6.45, 7) is 3.24. The Balaban J connectivity index is 0.00000232. The van der Waals surface area contributed by atoms with Gasteiger partial charge >= 0.3 is 12.1 Å². The molecule has 0 saturated carbocycles. The minimum Gasteiger partial charge on any atom is -0.480 e. The van der Waals surface area contributed by atoms with Gasteiger partial charge in [0.25, 0.3) is 5.91 Å². The van der Waals surface area contributed by atoms with Crippen LogP contribution in [0, 0.1) is 5.92 Å². The molecule has 0 bridgehead atoms. The number of aliphatic carboxylic acids is 1. The lowest BCUT2D eigenvalue weighted by Gasteiger charge is -2.28. The van der Waals surface area contributed by atoms with Gasteiger partial charge in [-0.1, -0.05) is 19.9 Å². The summed E-state index contributed by atoms with van der Waals surface area (Å²) in [7, 11) is 1.77. The van der Waals surface area contributed by atoms with E-state index in [-0.39, 0.29) is 11.5 Å². The molecule has 4 nitrogen and oxygen atoms in total. The van der Waals surface area contributed by atoms with Gasteiger partial charge in [-0.25, -0.2) is 4.79 Å². The molecule has 0 heterocycles. The Morgan fingerprint density at radius 1 is 1.17 bits per heavy atom. The standard InChI is InChI=1S/C14H16F3NO3.CH3F/c1-8(2)11(13(20)21)18(3)12(19)9-5-4-6-10(7-9)14(15,16)17;1-2/h4-8,11H,1-3H3,(H,20,21);1H3. The predicted molar refractivity (Wildman–Crippen MR) is 76.8 cm³/mol. The number of carboxylic acids is 1. The van der Waals surface area contributed by atoms with E-state index in [0.29, 0.717) is 7.18 Å². The molecule has 1 unspecified atom stereocenters. The maximum absolute atomic E-state index is 12.6.